The van der Waals surface area contributed by atoms with Gasteiger partial charge in [0.25, 0.3) is 9.05 Å². The molecule has 0 aliphatic carbocycles. The highest BCUT2D eigenvalue weighted by atomic mass is 79.9. The first-order valence-electron chi connectivity index (χ1n) is 4.11. The van der Waals surface area contributed by atoms with E-state index in [0.717, 1.165) is 0 Å². The van der Waals surface area contributed by atoms with E-state index in [0.29, 0.717) is 19.2 Å². The van der Waals surface area contributed by atoms with Gasteiger partial charge in [-0.3, -0.25) is 0 Å². The van der Waals surface area contributed by atoms with Gasteiger partial charge >= 0.3 is 0 Å². The van der Waals surface area contributed by atoms with Gasteiger partial charge in [0, 0.05) is 15.2 Å². The summed E-state index contributed by atoms with van der Waals surface area (Å²) in [5.74, 6) is 0.481. The Balaban J connectivity index is 3.15. The van der Waals surface area contributed by atoms with Crippen LogP contribution in [0.15, 0.2) is 37.0 Å². The molecule has 0 N–H and O–H groups in total. The normalized spacial score (nSPS) is 11.3. The number of hydrogen-bond donors (Lipinski definition) is 0. The molecule has 3 nitrogen and oxygen atoms in total. The molecule has 8 heteroatoms. The summed E-state index contributed by atoms with van der Waals surface area (Å²) >= 11 is 9.60. The Kier molecular flexibility index (Phi) is 5.52. The highest BCUT2D eigenvalue weighted by molar-refractivity contribution is 9.11. The van der Waals surface area contributed by atoms with Gasteiger partial charge in [0.15, 0.2) is 0 Å². The molecule has 94 valence electrons. The van der Waals surface area contributed by atoms with E-state index in [1.165, 1.54) is 12.1 Å². The number of benzene rings is 1. The molecule has 0 radical (unpaired) electrons. The van der Waals surface area contributed by atoms with Gasteiger partial charge < -0.3 is 4.74 Å². The van der Waals surface area contributed by atoms with Crippen LogP contribution in [0.2, 0.25) is 0 Å². The third-order valence-corrected chi connectivity index (χ3v) is 4.37. The molecule has 0 aliphatic rings. The van der Waals surface area contributed by atoms with E-state index in [1.807, 2.05) is 0 Å². The van der Waals surface area contributed by atoms with Crippen molar-refractivity contribution in [2.45, 2.75) is 4.90 Å². The van der Waals surface area contributed by atoms with Crippen LogP contribution in [0.5, 0.6) is 5.75 Å². The third-order valence-electron chi connectivity index (χ3n) is 1.63. The molecule has 0 bridgehead atoms. The summed E-state index contributed by atoms with van der Waals surface area (Å²) in [4.78, 5) is -0.0112. The molecule has 0 saturated heterocycles. The highest BCUT2D eigenvalue weighted by Crippen LogP contribution is 2.37. The zero-order valence-corrected chi connectivity index (χ0v) is 14.5. The van der Waals surface area contributed by atoms with Crippen LogP contribution in [0.3, 0.4) is 0 Å². The second-order valence-electron chi connectivity index (χ2n) is 2.96. The molecule has 0 aromatic heterocycles. The van der Waals surface area contributed by atoms with Crippen molar-refractivity contribution in [1.29, 1.82) is 0 Å². The third kappa shape index (κ3) is 4.55. The van der Waals surface area contributed by atoms with E-state index in [4.69, 9.17) is 15.4 Å². The van der Waals surface area contributed by atoms with Crippen LogP contribution >= 0.6 is 58.5 Å². The van der Waals surface area contributed by atoms with Crippen LogP contribution in [0, 0.1) is 0 Å². The number of hydrogen-bond acceptors (Lipinski definition) is 3. The maximum atomic E-state index is 11.2. The minimum Gasteiger partial charge on any atom is -0.486 e. The number of halogens is 4. The summed E-state index contributed by atoms with van der Waals surface area (Å²) in [6.07, 6.45) is 0. The molecule has 0 atom stereocenters. The Morgan fingerprint density at radius 3 is 2.18 bits per heavy atom. The summed E-state index contributed by atoms with van der Waals surface area (Å²) in [6, 6.07) is 2.75. The predicted octanol–water partition coefficient (Wildman–Crippen LogP) is 4.43. The molecular formula is C9H6Br3ClO3S. The first kappa shape index (κ1) is 15.5. The summed E-state index contributed by atoms with van der Waals surface area (Å²) in [5, 5.41) is 0. The van der Waals surface area contributed by atoms with Crippen LogP contribution in [-0.4, -0.2) is 15.0 Å². The lowest BCUT2D eigenvalue weighted by Crippen LogP contribution is -1.99. The fourth-order valence-corrected chi connectivity index (χ4v) is 3.58. The quantitative estimate of drug-likeness (QED) is 0.613. The van der Waals surface area contributed by atoms with Crippen LogP contribution in [0.1, 0.15) is 0 Å². The van der Waals surface area contributed by atoms with E-state index in [-0.39, 0.29) is 11.5 Å². The molecule has 1 aromatic carbocycles. The monoisotopic (exact) mass is 466 g/mol. The van der Waals surface area contributed by atoms with Gasteiger partial charge in [0.2, 0.25) is 0 Å². The second kappa shape index (κ2) is 6.06. The van der Waals surface area contributed by atoms with Gasteiger partial charge in [-0.2, -0.15) is 0 Å². The van der Waals surface area contributed by atoms with E-state index in [2.05, 4.69) is 54.4 Å². The molecule has 0 aliphatic heterocycles. The highest BCUT2D eigenvalue weighted by Gasteiger charge is 2.16. The Morgan fingerprint density at radius 1 is 1.35 bits per heavy atom. The summed E-state index contributed by atoms with van der Waals surface area (Å²) in [5.41, 5.74) is 0. The van der Waals surface area contributed by atoms with Gasteiger partial charge in [-0.15, -0.1) is 0 Å². The molecular weight excluding hydrogens is 463 g/mol. The second-order valence-corrected chi connectivity index (χ2v) is 8.36. The minimum atomic E-state index is -3.77. The largest absolute Gasteiger partial charge is 0.486 e. The lowest BCUT2D eigenvalue weighted by atomic mass is 10.3. The van der Waals surface area contributed by atoms with E-state index >= 15 is 0 Å². The summed E-state index contributed by atoms with van der Waals surface area (Å²) in [6.45, 7) is 3.90. The average molecular weight is 469 g/mol. The van der Waals surface area contributed by atoms with Crippen molar-refractivity contribution in [2.75, 3.05) is 6.61 Å². The SMILES string of the molecule is C=C(Br)COc1c(Br)cc(S(=O)(=O)Cl)cc1Br. The first-order valence-corrected chi connectivity index (χ1v) is 8.80. The van der Waals surface area contributed by atoms with Crippen molar-refractivity contribution < 1.29 is 13.2 Å². The van der Waals surface area contributed by atoms with Crippen molar-refractivity contribution in [2.24, 2.45) is 0 Å². The molecule has 0 fully saturated rings. The molecule has 0 saturated carbocycles. The molecule has 1 aromatic rings. The van der Waals surface area contributed by atoms with Crippen LogP contribution in [-0.2, 0) is 9.05 Å². The van der Waals surface area contributed by atoms with Crippen molar-refractivity contribution in [3.8, 4) is 5.75 Å². The number of rotatable bonds is 4. The molecule has 0 unspecified atom stereocenters. The predicted molar refractivity (Wildman–Crippen MR) is 78.4 cm³/mol. The van der Waals surface area contributed by atoms with Crippen molar-refractivity contribution in [1.82, 2.24) is 0 Å². The number of ether oxygens (including phenoxy) is 1. The summed E-state index contributed by atoms with van der Waals surface area (Å²) < 4.78 is 29.4. The van der Waals surface area contributed by atoms with Crippen LogP contribution in [0.4, 0.5) is 0 Å². The molecule has 0 spiro atoms. The van der Waals surface area contributed by atoms with Gasteiger partial charge in [0.05, 0.1) is 13.8 Å². The van der Waals surface area contributed by atoms with E-state index < -0.39 is 9.05 Å². The average Bonchev–Trinajstić information content (AvgIpc) is 2.14. The molecule has 0 amide bonds. The Hall–Kier alpha value is 0.440. The van der Waals surface area contributed by atoms with Gasteiger partial charge in [-0.25, -0.2) is 8.42 Å². The molecule has 17 heavy (non-hydrogen) atoms. The van der Waals surface area contributed by atoms with Gasteiger partial charge in [0.1, 0.15) is 12.4 Å². The fourth-order valence-electron chi connectivity index (χ4n) is 0.966. The maximum absolute atomic E-state index is 11.2. The lowest BCUT2D eigenvalue weighted by molar-refractivity contribution is 0.356. The first-order chi connectivity index (χ1) is 7.71. The molecule has 1 rings (SSSR count). The molecule has 0 heterocycles. The van der Waals surface area contributed by atoms with Gasteiger partial charge in [-0.1, -0.05) is 22.5 Å². The van der Waals surface area contributed by atoms with Crippen LogP contribution in [0.25, 0.3) is 0 Å². The van der Waals surface area contributed by atoms with Crippen molar-refractivity contribution >= 4 is 67.5 Å². The smallest absolute Gasteiger partial charge is 0.261 e. The van der Waals surface area contributed by atoms with Crippen LogP contribution < -0.4 is 4.74 Å². The van der Waals surface area contributed by atoms with Gasteiger partial charge in [-0.05, 0) is 44.0 Å². The minimum absolute atomic E-state index is 0.0112. The van der Waals surface area contributed by atoms with E-state index in [1.54, 1.807) is 0 Å². The Morgan fingerprint density at radius 2 is 1.82 bits per heavy atom. The Bertz CT molecular complexity index is 534. The fraction of sp³-hybridized carbons (Fsp3) is 0.111. The lowest BCUT2D eigenvalue weighted by Gasteiger charge is -2.10. The maximum Gasteiger partial charge on any atom is 0.261 e. The van der Waals surface area contributed by atoms with E-state index in [9.17, 15) is 8.42 Å². The zero-order valence-electron chi connectivity index (χ0n) is 8.21. The summed E-state index contributed by atoms with van der Waals surface area (Å²) in [7, 11) is 1.48. The van der Waals surface area contributed by atoms with Crippen molar-refractivity contribution in [3.63, 3.8) is 0 Å². The Labute approximate surface area is 129 Å². The topological polar surface area (TPSA) is 43.4 Å². The van der Waals surface area contributed by atoms with Crippen molar-refractivity contribution in [3.05, 3.63) is 32.1 Å². The standard InChI is InChI=1S/C9H6Br3ClO3S/c1-5(10)4-16-9-7(11)2-6(3-8(9)12)17(13,14)15/h2-3H,1,4H2. The zero-order chi connectivity index (χ0) is 13.2.